The van der Waals surface area contributed by atoms with E-state index in [0.29, 0.717) is 12.3 Å². The Bertz CT molecular complexity index is 879. The molecule has 1 saturated heterocycles. The third-order valence-electron chi connectivity index (χ3n) is 4.80. The van der Waals surface area contributed by atoms with Crippen molar-refractivity contribution >= 4 is 11.6 Å². The summed E-state index contributed by atoms with van der Waals surface area (Å²) in [4.78, 5) is 14.9. The van der Waals surface area contributed by atoms with E-state index in [4.69, 9.17) is 4.42 Å². The number of nitrogens with one attached hydrogen (secondary N) is 1. The van der Waals surface area contributed by atoms with E-state index < -0.39 is 0 Å². The SMILES string of the molecule is O=C(Nc1cccc(Cn2cccn2)c1)c1ccc(CN2CCCCC2)o1. The van der Waals surface area contributed by atoms with Crippen molar-refractivity contribution < 1.29 is 9.21 Å². The second kappa shape index (κ2) is 8.22. The highest BCUT2D eigenvalue weighted by Crippen LogP contribution is 2.17. The smallest absolute Gasteiger partial charge is 0.291 e. The number of amides is 1. The van der Waals surface area contributed by atoms with Gasteiger partial charge in [-0.3, -0.25) is 14.4 Å². The third kappa shape index (κ3) is 4.65. The molecule has 27 heavy (non-hydrogen) atoms. The Balaban J connectivity index is 1.37. The van der Waals surface area contributed by atoms with Crippen LogP contribution in [0.25, 0.3) is 0 Å². The number of aromatic nitrogens is 2. The molecule has 3 aromatic rings. The number of hydrogen-bond donors (Lipinski definition) is 1. The lowest BCUT2D eigenvalue weighted by atomic mass is 10.1. The first-order valence-corrected chi connectivity index (χ1v) is 9.45. The van der Waals surface area contributed by atoms with Gasteiger partial charge in [-0.2, -0.15) is 5.10 Å². The van der Waals surface area contributed by atoms with E-state index in [1.807, 2.05) is 47.3 Å². The van der Waals surface area contributed by atoms with Gasteiger partial charge >= 0.3 is 0 Å². The van der Waals surface area contributed by atoms with Crippen LogP contribution in [0.2, 0.25) is 0 Å². The standard InChI is InChI=1S/C21H24N4O2/c26-21(20-9-8-19(27-20)16-24-11-2-1-3-12-24)23-18-7-4-6-17(14-18)15-25-13-5-10-22-25/h4-10,13-14H,1-3,11-12,15-16H2,(H,23,26). The number of piperidine rings is 1. The molecule has 3 heterocycles. The number of likely N-dealkylation sites (tertiary alicyclic amines) is 1. The van der Waals surface area contributed by atoms with E-state index in [1.54, 1.807) is 12.3 Å². The lowest BCUT2D eigenvalue weighted by molar-refractivity contribution is 0.0992. The molecule has 0 atom stereocenters. The number of furan rings is 1. The number of anilines is 1. The van der Waals surface area contributed by atoms with E-state index in [0.717, 1.165) is 36.6 Å². The molecule has 0 unspecified atom stereocenters. The maximum atomic E-state index is 12.5. The van der Waals surface area contributed by atoms with Gasteiger partial charge in [0.15, 0.2) is 5.76 Å². The van der Waals surface area contributed by atoms with Gasteiger partial charge in [0.05, 0.1) is 13.1 Å². The molecule has 0 spiro atoms. The molecule has 1 aromatic carbocycles. The summed E-state index contributed by atoms with van der Waals surface area (Å²) in [7, 11) is 0. The molecule has 1 aliphatic heterocycles. The Morgan fingerprint density at radius 1 is 1.07 bits per heavy atom. The van der Waals surface area contributed by atoms with Gasteiger partial charge in [0.2, 0.25) is 0 Å². The number of nitrogens with zero attached hydrogens (tertiary/aromatic N) is 3. The van der Waals surface area contributed by atoms with E-state index in [2.05, 4.69) is 15.3 Å². The molecule has 0 bridgehead atoms. The highest BCUT2D eigenvalue weighted by Gasteiger charge is 2.15. The minimum atomic E-state index is -0.226. The molecule has 140 valence electrons. The minimum Gasteiger partial charge on any atom is -0.455 e. The Hall–Kier alpha value is -2.86. The fraction of sp³-hybridized carbons (Fsp3) is 0.333. The van der Waals surface area contributed by atoms with Crippen molar-refractivity contribution in [3.8, 4) is 0 Å². The number of carbonyl (C=O) groups is 1. The molecule has 2 aromatic heterocycles. The Morgan fingerprint density at radius 2 is 1.96 bits per heavy atom. The first-order chi connectivity index (χ1) is 13.3. The van der Waals surface area contributed by atoms with Crippen molar-refractivity contribution in [2.75, 3.05) is 18.4 Å². The van der Waals surface area contributed by atoms with Crippen molar-refractivity contribution in [1.29, 1.82) is 0 Å². The van der Waals surface area contributed by atoms with Crippen LogP contribution in [0.5, 0.6) is 0 Å². The second-order valence-corrected chi connectivity index (χ2v) is 6.96. The Morgan fingerprint density at radius 3 is 2.78 bits per heavy atom. The molecule has 1 N–H and O–H groups in total. The number of rotatable bonds is 6. The molecule has 1 fully saturated rings. The third-order valence-corrected chi connectivity index (χ3v) is 4.80. The van der Waals surface area contributed by atoms with Crippen LogP contribution < -0.4 is 5.32 Å². The van der Waals surface area contributed by atoms with Crippen molar-refractivity contribution in [2.45, 2.75) is 32.4 Å². The average molecular weight is 364 g/mol. The average Bonchev–Trinajstić information content (AvgIpc) is 3.35. The molecular weight excluding hydrogens is 340 g/mol. The summed E-state index contributed by atoms with van der Waals surface area (Å²) in [5.41, 5.74) is 1.82. The number of benzene rings is 1. The molecule has 1 amide bonds. The molecule has 0 aliphatic carbocycles. The largest absolute Gasteiger partial charge is 0.455 e. The zero-order chi connectivity index (χ0) is 18.5. The minimum absolute atomic E-state index is 0.226. The van der Waals surface area contributed by atoms with Crippen LogP contribution in [0.15, 0.2) is 59.3 Å². The topological polar surface area (TPSA) is 63.3 Å². The summed E-state index contributed by atoms with van der Waals surface area (Å²) in [6.45, 7) is 3.64. The van der Waals surface area contributed by atoms with Crippen molar-refractivity contribution in [3.05, 3.63) is 71.9 Å². The second-order valence-electron chi connectivity index (χ2n) is 6.96. The first kappa shape index (κ1) is 17.5. The van der Waals surface area contributed by atoms with Crippen LogP contribution >= 0.6 is 0 Å². The van der Waals surface area contributed by atoms with Gasteiger partial charge in [0.1, 0.15) is 5.76 Å². The van der Waals surface area contributed by atoms with Gasteiger partial charge in [-0.1, -0.05) is 18.6 Å². The summed E-state index contributed by atoms with van der Waals surface area (Å²) in [5, 5.41) is 7.13. The molecular formula is C21H24N4O2. The summed E-state index contributed by atoms with van der Waals surface area (Å²) in [6, 6.07) is 13.3. The van der Waals surface area contributed by atoms with Crippen LogP contribution in [-0.2, 0) is 13.1 Å². The van der Waals surface area contributed by atoms with Crippen molar-refractivity contribution in [3.63, 3.8) is 0 Å². The summed E-state index contributed by atoms with van der Waals surface area (Å²) in [5.74, 6) is 0.963. The predicted molar refractivity (Wildman–Crippen MR) is 104 cm³/mol. The van der Waals surface area contributed by atoms with Crippen LogP contribution in [0.3, 0.4) is 0 Å². The van der Waals surface area contributed by atoms with Crippen molar-refractivity contribution in [1.82, 2.24) is 14.7 Å². The first-order valence-electron chi connectivity index (χ1n) is 9.45. The molecule has 6 nitrogen and oxygen atoms in total. The lowest BCUT2D eigenvalue weighted by Crippen LogP contribution is -2.28. The number of hydrogen-bond acceptors (Lipinski definition) is 4. The van der Waals surface area contributed by atoms with Gasteiger partial charge < -0.3 is 9.73 Å². The van der Waals surface area contributed by atoms with E-state index >= 15 is 0 Å². The highest BCUT2D eigenvalue weighted by atomic mass is 16.4. The Kier molecular flexibility index (Phi) is 5.34. The van der Waals surface area contributed by atoms with Gasteiger partial charge in [0.25, 0.3) is 5.91 Å². The van der Waals surface area contributed by atoms with E-state index in [9.17, 15) is 4.79 Å². The lowest BCUT2D eigenvalue weighted by Gasteiger charge is -2.25. The summed E-state index contributed by atoms with van der Waals surface area (Å²) >= 11 is 0. The van der Waals surface area contributed by atoms with Crippen LogP contribution in [0.4, 0.5) is 5.69 Å². The summed E-state index contributed by atoms with van der Waals surface area (Å²) in [6.07, 6.45) is 7.45. The van der Waals surface area contributed by atoms with Gasteiger partial charge in [-0.15, -0.1) is 0 Å². The van der Waals surface area contributed by atoms with Crippen molar-refractivity contribution in [2.24, 2.45) is 0 Å². The van der Waals surface area contributed by atoms with E-state index in [1.165, 1.54) is 19.3 Å². The van der Waals surface area contributed by atoms with Gasteiger partial charge in [0, 0.05) is 18.1 Å². The molecule has 4 rings (SSSR count). The fourth-order valence-corrected chi connectivity index (χ4v) is 3.44. The van der Waals surface area contributed by atoms with Crippen LogP contribution in [0, 0.1) is 0 Å². The highest BCUT2D eigenvalue weighted by molar-refractivity contribution is 6.02. The molecule has 1 aliphatic rings. The maximum absolute atomic E-state index is 12.5. The Labute approximate surface area is 158 Å². The fourth-order valence-electron chi connectivity index (χ4n) is 3.44. The zero-order valence-electron chi connectivity index (χ0n) is 15.3. The maximum Gasteiger partial charge on any atom is 0.291 e. The van der Waals surface area contributed by atoms with Crippen LogP contribution in [0.1, 0.15) is 41.1 Å². The van der Waals surface area contributed by atoms with Crippen LogP contribution in [-0.4, -0.2) is 33.7 Å². The van der Waals surface area contributed by atoms with E-state index in [-0.39, 0.29) is 5.91 Å². The van der Waals surface area contributed by atoms with Gasteiger partial charge in [-0.05, 0) is 61.8 Å². The molecule has 0 radical (unpaired) electrons. The monoisotopic (exact) mass is 364 g/mol. The van der Waals surface area contributed by atoms with Gasteiger partial charge in [-0.25, -0.2) is 0 Å². The normalized spacial score (nSPS) is 15.0. The summed E-state index contributed by atoms with van der Waals surface area (Å²) < 4.78 is 7.62. The predicted octanol–water partition coefficient (Wildman–Crippen LogP) is 3.76. The quantitative estimate of drug-likeness (QED) is 0.723. The zero-order valence-corrected chi connectivity index (χ0v) is 15.3. The molecule has 0 saturated carbocycles. The molecule has 6 heteroatoms. The number of carbonyl (C=O) groups excluding carboxylic acids is 1.